The van der Waals surface area contributed by atoms with Crippen LogP contribution in [0.3, 0.4) is 0 Å². The molecule has 3 nitrogen and oxygen atoms in total. The van der Waals surface area contributed by atoms with Crippen LogP contribution in [-0.4, -0.2) is 0 Å². The maximum absolute atomic E-state index is 14.7. The first-order chi connectivity index (χ1) is 15.7. The normalized spacial score (nSPS) is 11.6. The van der Waals surface area contributed by atoms with Crippen LogP contribution in [0.25, 0.3) is 0 Å². The summed E-state index contributed by atoms with van der Waals surface area (Å²) in [6.07, 6.45) is 0. The summed E-state index contributed by atoms with van der Waals surface area (Å²) in [5.41, 5.74) is 8.84. The second kappa shape index (κ2) is 8.46. The van der Waals surface area contributed by atoms with Crippen molar-refractivity contribution in [1.29, 1.82) is 0 Å². The fraction of sp³-hybridized carbons (Fsp3) is 0. The van der Waals surface area contributed by atoms with E-state index < -0.39 is 111 Å². The van der Waals surface area contributed by atoms with Crippen molar-refractivity contribution in [1.82, 2.24) is 0 Å². The third kappa shape index (κ3) is 3.37. The molecule has 0 radical (unpaired) electrons. The van der Waals surface area contributed by atoms with Gasteiger partial charge >= 0.3 is 0 Å². The van der Waals surface area contributed by atoms with Gasteiger partial charge in [-0.1, -0.05) is 0 Å². The van der Waals surface area contributed by atoms with E-state index in [0.29, 0.717) is 0 Å². The molecule has 0 aliphatic heterocycles. The quantitative estimate of drug-likeness (QED) is 0.211. The molecule has 3 aromatic carbocycles. The number of anilines is 3. The van der Waals surface area contributed by atoms with E-state index in [1.807, 2.05) is 0 Å². The van der Waals surface area contributed by atoms with Crippen LogP contribution in [0.15, 0.2) is 0 Å². The standard InChI is InChI=1S/C18H6F12N3P/c19-1-7(25)16(8(26)2(20)13(1)31)34(17-9(27)3(21)14(32)4(22)10(17)28)18-11(29)5(23)15(33)6(24)12(18)30/h31-33H2. The summed E-state index contributed by atoms with van der Waals surface area (Å²) >= 11 is 0. The largest absolute Gasteiger partial charge is 0.394 e. The van der Waals surface area contributed by atoms with Gasteiger partial charge in [-0.3, -0.25) is 0 Å². The van der Waals surface area contributed by atoms with Crippen molar-refractivity contribution in [2.45, 2.75) is 0 Å². The van der Waals surface area contributed by atoms with E-state index in [0.717, 1.165) is 0 Å². The lowest BCUT2D eigenvalue weighted by molar-refractivity contribution is 0.464. The second-order valence-electron chi connectivity index (χ2n) is 6.39. The number of nitrogens with two attached hydrogens (primary N) is 3. The first-order valence-corrected chi connectivity index (χ1v) is 9.65. The van der Waals surface area contributed by atoms with Gasteiger partial charge in [0.2, 0.25) is 0 Å². The van der Waals surface area contributed by atoms with Gasteiger partial charge in [0.1, 0.15) is 17.1 Å². The molecule has 0 amide bonds. The Hall–Kier alpha value is -3.35. The fourth-order valence-corrected chi connectivity index (χ4v) is 5.27. The minimum Gasteiger partial charge on any atom is -0.394 e. The minimum absolute atomic E-state index is 1.85. The first-order valence-electron chi connectivity index (χ1n) is 8.30. The molecule has 3 rings (SSSR count). The van der Waals surface area contributed by atoms with Crippen LogP contribution in [0.4, 0.5) is 69.7 Å². The average molecular weight is 523 g/mol. The highest BCUT2D eigenvalue weighted by atomic mass is 31.1. The minimum atomic E-state index is -4.56. The highest BCUT2D eigenvalue weighted by Gasteiger charge is 2.41. The summed E-state index contributed by atoms with van der Waals surface area (Å²) in [7, 11) is -4.56. The monoisotopic (exact) mass is 523 g/mol. The zero-order valence-corrected chi connectivity index (χ0v) is 16.6. The molecule has 16 heteroatoms. The summed E-state index contributed by atoms with van der Waals surface area (Å²) in [6, 6.07) is 0. The lowest BCUT2D eigenvalue weighted by atomic mass is 10.2. The Labute approximate surface area is 181 Å². The third-order valence-corrected chi connectivity index (χ3v) is 7.01. The predicted molar refractivity (Wildman–Crippen MR) is 97.9 cm³/mol. The van der Waals surface area contributed by atoms with Crippen LogP contribution in [0, 0.1) is 69.8 Å². The molecule has 34 heavy (non-hydrogen) atoms. The van der Waals surface area contributed by atoms with Crippen molar-refractivity contribution < 1.29 is 52.7 Å². The van der Waals surface area contributed by atoms with Crippen molar-refractivity contribution in [3.63, 3.8) is 0 Å². The Bertz CT molecular complexity index is 1130. The van der Waals surface area contributed by atoms with Crippen LogP contribution in [0.2, 0.25) is 0 Å². The number of hydrogen-bond acceptors (Lipinski definition) is 3. The number of nitrogen functional groups attached to an aromatic ring is 3. The van der Waals surface area contributed by atoms with E-state index in [-0.39, 0.29) is 0 Å². The average Bonchev–Trinajstić information content (AvgIpc) is 2.81. The predicted octanol–water partition coefficient (Wildman–Crippen LogP) is 3.86. The number of hydrogen-bond donors (Lipinski definition) is 3. The molecular weight excluding hydrogens is 517 g/mol. The van der Waals surface area contributed by atoms with Gasteiger partial charge in [0, 0.05) is 7.92 Å². The Kier molecular flexibility index (Phi) is 6.29. The topological polar surface area (TPSA) is 78.1 Å². The molecule has 0 atom stereocenters. The third-order valence-electron chi connectivity index (χ3n) is 4.49. The molecule has 0 spiro atoms. The summed E-state index contributed by atoms with van der Waals surface area (Å²) < 4.78 is 172. The molecule has 3 aromatic rings. The highest BCUT2D eigenvalue weighted by molar-refractivity contribution is 7.79. The van der Waals surface area contributed by atoms with Crippen molar-refractivity contribution in [2.24, 2.45) is 0 Å². The van der Waals surface area contributed by atoms with E-state index >= 15 is 0 Å². The van der Waals surface area contributed by atoms with Crippen molar-refractivity contribution in [3.05, 3.63) is 69.8 Å². The van der Waals surface area contributed by atoms with E-state index in [4.69, 9.17) is 17.2 Å². The smallest absolute Gasteiger partial charge is 0.185 e. The molecule has 0 saturated heterocycles. The van der Waals surface area contributed by atoms with Crippen LogP contribution in [-0.2, 0) is 0 Å². The van der Waals surface area contributed by atoms with Gasteiger partial charge in [-0.25, -0.2) is 52.7 Å². The van der Waals surface area contributed by atoms with Gasteiger partial charge in [0.05, 0.1) is 15.9 Å². The zero-order chi connectivity index (χ0) is 26.0. The molecule has 182 valence electrons. The van der Waals surface area contributed by atoms with Crippen LogP contribution in [0.1, 0.15) is 0 Å². The molecule has 0 aromatic heterocycles. The summed E-state index contributed by atoms with van der Waals surface area (Å²) in [5, 5.41) is -6.87. The fourth-order valence-electron chi connectivity index (χ4n) is 2.84. The lowest BCUT2D eigenvalue weighted by Crippen LogP contribution is -2.36. The van der Waals surface area contributed by atoms with Crippen LogP contribution >= 0.6 is 7.92 Å². The Balaban J connectivity index is 2.68. The number of rotatable bonds is 3. The Morgan fingerprint density at radius 2 is 0.441 bits per heavy atom. The Morgan fingerprint density at radius 1 is 0.294 bits per heavy atom. The lowest BCUT2D eigenvalue weighted by Gasteiger charge is -2.24. The number of benzene rings is 3. The van der Waals surface area contributed by atoms with Crippen molar-refractivity contribution >= 4 is 40.9 Å². The van der Waals surface area contributed by atoms with Gasteiger partial charge in [-0.05, 0) is 0 Å². The SMILES string of the molecule is Nc1c(F)c(F)c(P(c2c(F)c(F)c(N)c(F)c2F)c2c(F)c(F)c(N)c(F)c2F)c(F)c1F. The molecule has 0 unspecified atom stereocenters. The van der Waals surface area contributed by atoms with Gasteiger partial charge in [0.25, 0.3) is 0 Å². The summed E-state index contributed by atoms with van der Waals surface area (Å²) in [5.74, 6) is -30.6. The van der Waals surface area contributed by atoms with E-state index in [2.05, 4.69) is 0 Å². The molecular formula is C18H6F12N3P. The van der Waals surface area contributed by atoms with Crippen molar-refractivity contribution in [2.75, 3.05) is 17.2 Å². The van der Waals surface area contributed by atoms with Gasteiger partial charge in [-0.2, -0.15) is 0 Å². The van der Waals surface area contributed by atoms with E-state index in [1.54, 1.807) is 0 Å². The summed E-state index contributed by atoms with van der Waals surface area (Å²) in [4.78, 5) is 0. The van der Waals surface area contributed by atoms with Gasteiger partial charge in [-0.15, -0.1) is 0 Å². The molecule has 0 saturated carbocycles. The molecule has 0 bridgehead atoms. The van der Waals surface area contributed by atoms with E-state index in [9.17, 15) is 52.7 Å². The zero-order valence-electron chi connectivity index (χ0n) is 15.7. The Morgan fingerprint density at radius 3 is 0.588 bits per heavy atom. The van der Waals surface area contributed by atoms with Gasteiger partial charge in [0.15, 0.2) is 69.8 Å². The summed E-state index contributed by atoms with van der Waals surface area (Å²) in [6.45, 7) is 0. The maximum atomic E-state index is 14.7. The number of halogens is 12. The molecule has 6 N–H and O–H groups in total. The maximum Gasteiger partial charge on any atom is 0.185 e. The molecule has 0 aliphatic carbocycles. The van der Waals surface area contributed by atoms with Crippen LogP contribution in [0.5, 0.6) is 0 Å². The molecule has 0 aliphatic rings. The first kappa shape index (κ1) is 25.3. The molecule has 0 fully saturated rings. The molecule has 0 heterocycles. The van der Waals surface area contributed by atoms with Gasteiger partial charge < -0.3 is 17.2 Å². The van der Waals surface area contributed by atoms with E-state index in [1.165, 1.54) is 0 Å². The van der Waals surface area contributed by atoms with Crippen LogP contribution < -0.4 is 33.1 Å². The highest BCUT2D eigenvalue weighted by Crippen LogP contribution is 2.43. The van der Waals surface area contributed by atoms with Crippen molar-refractivity contribution in [3.8, 4) is 0 Å². The second-order valence-corrected chi connectivity index (χ2v) is 8.40.